The van der Waals surface area contributed by atoms with Gasteiger partial charge in [0, 0.05) is 18.8 Å². The number of likely N-dealkylation sites (N-methyl/N-ethyl adjacent to an activating group) is 1. The lowest BCUT2D eigenvalue weighted by Gasteiger charge is -2.12. The lowest BCUT2D eigenvalue weighted by Crippen LogP contribution is -2.19. The van der Waals surface area contributed by atoms with E-state index >= 15 is 0 Å². The van der Waals surface area contributed by atoms with Crippen molar-refractivity contribution in [3.63, 3.8) is 0 Å². The molecule has 0 spiro atoms. The Morgan fingerprint density at radius 1 is 1.14 bits per heavy atom. The van der Waals surface area contributed by atoms with Gasteiger partial charge in [0.1, 0.15) is 12.0 Å². The van der Waals surface area contributed by atoms with Crippen LogP contribution in [0.1, 0.15) is 22.6 Å². The van der Waals surface area contributed by atoms with Crippen LogP contribution in [-0.2, 0) is 18.0 Å². The Balaban J connectivity index is 1.59. The molecular formula is C21H25N7O. The van der Waals surface area contributed by atoms with Crippen LogP contribution in [0.4, 0.5) is 0 Å². The third-order valence-corrected chi connectivity index (χ3v) is 5.03. The highest BCUT2D eigenvalue weighted by Crippen LogP contribution is 2.26. The van der Waals surface area contributed by atoms with Crippen molar-refractivity contribution in [3.8, 4) is 0 Å². The van der Waals surface area contributed by atoms with E-state index in [1.54, 1.807) is 17.1 Å². The highest BCUT2D eigenvalue weighted by molar-refractivity contribution is 5.93. The molecule has 0 unspecified atom stereocenters. The van der Waals surface area contributed by atoms with E-state index in [0.717, 1.165) is 35.3 Å². The molecule has 0 saturated heterocycles. The lowest BCUT2D eigenvalue weighted by atomic mass is 10.2. The van der Waals surface area contributed by atoms with Crippen LogP contribution in [0.3, 0.4) is 0 Å². The minimum Gasteiger partial charge on any atom is -0.387 e. The summed E-state index contributed by atoms with van der Waals surface area (Å²) < 4.78 is 3.96. The van der Waals surface area contributed by atoms with Crippen LogP contribution in [0, 0.1) is 13.8 Å². The van der Waals surface area contributed by atoms with Gasteiger partial charge in [-0.1, -0.05) is 35.5 Å². The van der Waals surface area contributed by atoms with Gasteiger partial charge in [0.05, 0.1) is 11.6 Å². The Hall–Kier alpha value is -3.26. The fraction of sp³-hybridized carbons (Fsp3) is 0.333. The van der Waals surface area contributed by atoms with E-state index in [0.29, 0.717) is 5.82 Å². The van der Waals surface area contributed by atoms with Crippen molar-refractivity contribution < 1.29 is 4.84 Å². The highest BCUT2D eigenvalue weighted by Gasteiger charge is 2.18. The molecule has 3 heterocycles. The summed E-state index contributed by atoms with van der Waals surface area (Å²) in [5, 5.41) is 9.53. The maximum atomic E-state index is 5.39. The number of benzene rings is 1. The van der Waals surface area contributed by atoms with E-state index in [2.05, 4.69) is 57.6 Å². The van der Waals surface area contributed by atoms with E-state index in [-0.39, 0.29) is 6.61 Å². The number of fused-ring (bicyclic) bond motifs is 3. The molecule has 4 rings (SSSR count). The monoisotopic (exact) mass is 391 g/mol. The summed E-state index contributed by atoms with van der Waals surface area (Å²) in [6.07, 6.45) is 3.39. The number of hydrogen-bond acceptors (Lipinski definition) is 6. The molecule has 0 aliphatic heterocycles. The van der Waals surface area contributed by atoms with Crippen LogP contribution in [0.2, 0.25) is 0 Å². The van der Waals surface area contributed by atoms with Crippen LogP contribution < -0.4 is 0 Å². The van der Waals surface area contributed by atoms with E-state index in [4.69, 9.17) is 4.84 Å². The summed E-state index contributed by atoms with van der Waals surface area (Å²) >= 11 is 0. The fourth-order valence-electron chi connectivity index (χ4n) is 3.34. The summed E-state index contributed by atoms with van der Waals surface area (Å²) in [6.45, 7) is 6.26. The van der Waals surface area contributed by atoms with E-state index in [9.17, 15) is 0 Å². The molecule has 0 aliphatic rings. The molecule has 0 atom stereocenters. The van der Waals surface area contributed by atoms with Crippen molar-refractivity contribution in [1.82, 2.24) is 29.0 Å². The summed E-state index contributed by atoms with van der Waals surface area (Å²) in [5.41, 5.74) is 5.10. The van der Waals surface area contributed by atoms with Gasteiger partial charge in [-0.2, -0.15) is 0 Å². The van der Waals surface area contributed by atoms with Crippen LogP contribution >= 0.6 is 0 Å². The average Bonchev–Trinajstić information content (AvgIpc) is 3.23. The molecule has 29 heavy (non-hydrogen) atoms. The molecule has 150 valence electrons. The molecular weight excluding hydrogens is 366 g/mol. The summed E-state index contributed by atoms with van der Waals surface area (Å²) in [7, 11) is 4.15. The first-order valence-electron chi connectivity index (χ1n) is 9.59. The number of rotatable bonds is 7. The molecule has 0 saturated carbocycles. The Labute approximate surface area is 169 Å². The molecule has 8 heteroatoms. The predicted molar refractivity (Wildman–Crippen MR) is 113 cm³/mol. The molecule has 0 bridgehead atoms. The molecule has 3 aromatic heterocycles. The zero-order chi connectivity index (χ0) is 20.4. The van der Waals surface area contributed by atoms with Gasteiger partial charge in [-0.25, -0.2) is 14.5 Å². The van der Waals surface area contributed by atoms with E-state index < -0.39 is 0 Å². The quantitative estimate of drug-likeness (QED) is 0.358. The average molecular weight is 391 g/mol. The molecule has 0 radical (unpaired) electrons. The lowest BCUT2D eigenvalue weighted by molar-refractivity contribution is 0.126. The predicted octanol–water partition coefficient (Wildman–Crippen LogP) is 2.81. The van der Waals surface area contributed by atoms with Crippen molar-refractivity contribution in [2.45, 2.75) is 27.0 Å². The Bertz CT molecular complexity index is 1160. The van der Waals surface area contributed by atoms with E-state index in [1.165, 1.54) is 11.3 Å². The number of oxime groups is 1. The second kappa shape index (κ2) is 8.00. The Kier molecular flexibility index (Phi) is 5.26. The van der Waals surface area contributed by atoms with Crippen LogP contribution in [0.25, 0.3) is 16.7 Å². The Morgan fingerprint density at radius 2 is 1.93 bits per heavy atom. The molecule has 0 fully saturated rings. The van der Waals surface area contributed by atoms with Gasteiger partial charge in [-0.15, -0.1) is 5.10 Å². The standard InChI is InChI=1S/C21H25N7O/c1-15-16(2)27(11-10-26(3)4)20-19(15)21-24-18(25-28(21)14-22-20)13-29-23-12-17-8-6-5-7-9-17/h5-9,12,14H,10-11,13H2,1-4H3. The van der Waals surface area contributed by atoms with Gasteiger partial charge in [-0.05, 0) is 39.1 Å². The van der Waals surface area contributed by atoms with Crippen molar-refractivity contribution >= 4 is 22.9 Å². The van der Waals surface area contributed by atoms with Gasteiger partial charge in [0.25, 0.3) is 0 Å². The van der Waals surface area contributed by atoms with Crippen LogP contribution in [0.15, 0.2) is 41.8 Å². The summed E-state index contributed by atoms with van der Waals surface area (Å²) in [6, 6.07) is 9.80. The number of aromatic nitrogens is 5. The van der Waals surface area contributed by atoms with Crippen molar-refractivity contribution in [3.05, 3.63) is 59.3 Å². The van der Waals surface area contributed by atoms with Crippen molar-refractivity contribution in [1.29, 1.82) is 0 Å². The minimum absolute atomic E-state index is 0.200. The minimum atomic E-state index is 0.200. The topological polar surface area (TPSA) is 72.8 Å². The first-order chi connectivity index (χ1) is 14.0. The normalized spacial score (nSPS) is 12.0. The van der Waals surface area contributed by atoms with Crippen molar-refractivity contribution in [2.24, 2.45) is 5.16 Å². The van der Waals surface area contributed by atoms with Crippen LogP contribution in [-0.4, -0.2) is 55.9 Å². The summed E-state index contributed by atoms with van der Waals surface area (Å²) in [4.78, 5) is 16.9. The first-order valence-corrected chi connectivity index (χ1v) is 9.59. The van der Waals surface area contributed by atoms with Gasteiger partial charge in [0.2, 0.25) is 0 Å². The highest BCUT2D eigenvalue weighted by atomic mass is 16.6. The SMILES string of the molecule is Cc1c(C)n(CCN(C)C)c2ncn3nc(CON=Cc4ccccc4)nc3c12. The third kappa shape index (κ3) is 3.84. The smallest absolute Gasteiger partial charge is 0.192 e. The molecule has 1 aromatic carbocycles. The number of nitrogens with zero attached hydrogens (tertiary/aromatic N) is 7. The van der Waals surface area contributed by atoms with Crippen LogP contribution in [0.5, 0.6) is 0 Å². The van der Waals surface area contributed by atoms with E-state index in [1.807, 2.05) is 30.3 Å². The second-order valence-electron chi connectivity index (χ2n) is 7.32. The Morgan fingerprint density at radius 3 is 2.69 bits per heavy atom. The van der Waals surface area contributed by atoms with Gasteiger partial charge < -0.3 is 14.3 Å². The maximum Gasteiger partial charge on any atom is 0.192 e. The van der Waals surface area contributed by atoms with Crippen molar-refractivity contribution in [2.75, 3.05) is 20.6 Å². The molecule has 4 aromatic rings. The zero-order valence-corrected chi connectivity index (χ0v) is 17.2. The number of aryl methyl sites for hydroxylation is 1. The second-order valence-corrected chi connectivity index (χ2v) is 7.32. The van der Waals surface area contributed by atoms with Gasteiger partial charge in [0.15, 0.2) is 18.1 Å². The maximum absolute atomic E-state index is 5.39. The molecule has 0 amide bonds. The fourth-order valence-corrected chi connectivity index (χ4v) is 3.34. The third-order valence-electron chi connectivity index (χ3n) is 5.03. The zero-order valence-electron chi connectivity index (χ0n) is 17.2. The first kappa shape index (κ1) is 19.1. The molecule has 8 nitrogen and oxygen atoms in total. The number of hydrogen-bond donors (Lipinski definition) is 0. The summed E-state index contributed by atoms with van der Waals surface area (Å²) in [5.74, 6) is 0.572. The van der Waals surface area contributed by atoms with Gasteiger partial charge in [-0.3, -0.25) is 0 Å². The molecule has 0 aliphatic carbocycles. The molecule has 0 N–H and O–H groups in total. The largest absolute Gasteiger partial charge is 0.387 e. The van der Waals surface area contributed by atoms with Gasteiger partial charge >= 0.3 is 0 Å².